The summed E-state index contributed by atoms with van der Waals surface area (Å²) in [5.41, 5.74) is 7.36. The van der Waals surface area contributed by atoms with Gasteiger partial charge in [-0.3, -0.25) is 4.99 Å². The highest BCUT2D eigenvalue weighted by molar-refractivity contribution is 14.0. The van der Waals surface area contributed by atoms with Crippen molar-refractivity contribution in [1.29, 1.82) is 0 Å². The van der Waals surface area contributed by atoms with Gasteiger partial charge in [-0.05, 0) is 42.9 Å². The lowest BCUT2D eigenvalue weighted by atomic mass is 9.96. The average Bonchev–Trinajstić information content (AvgIpc) is 3.17. The van der Waals surface area contributed by atoms with Crippen molar-refractivity contribution >= 4 is 41.5 Å². The summed E-state index contributed by atoms with van der Waals surface area (Å²) >= 11 is 6.07. The summed E-state index contributed by atoms with van der Waals surface area (Å²) in [6.45, 7) is 6.03. The minimum Gasteiger partial charge on any atom is -0.370 e. The molecule has 5 heteroatoms. The van der Waals surface area contributed by atoms with Gasteiger partial charge in [0.2, 0.25) is 0 Å². The Morgan fingerprint density at radius 1 is 1.43 bits per heavy atom. The predicted octanol–water partition coefficient (Wildman–Crippen LogP) is 3.94. The van der Waals surface area contributed by atoms with Crippen LogP contribution in [0, 0.1) is 5.92 Å². The highest BCUT2D eigenvalue weighted by atomic mass is 127. The molecule has 118 valence electrons. The van der Waals surface area contributed by atoms with Crippen molar-refractivity contribution in [1.82, 2.24) is 5.32 Å². The molecular weight excluding hydrogens is 397 g/mol. The van der Waals surface area contributed by atoms with Gasteiger partial charge >= 0.3 is 0 Å². The van der Waals surface area contributed by atoms with Crippen LogP contribution in [0.2, 0.25) is 5.02 Å². The van der Waals surface area contributed by atoms with Crippen molar-refractivity contribution in [2.24, 2.45) is 16.6 Å². The SMILES string of the molecule is CC(C)CCNC(N)=NCC1(c2cccc(Cl)c2)CC1.I. The van der Waals surface area contributed by atoms with Crippen molar-refractivity contribution < 1.29 is 0 Å². The van der Waals surface area contributed by atoms with Crippen molar-refractivity contribution in [3.05, 3.63) is 34.9 Å². The maximum absolute atomic E-state index is 6.07. The van der Waals surface area contributed by atoms with Crippen LogP contribution in [0.3, 0.4) is 0 Å². The number of nitrogens with zero attached hydrogens (tertiary/aromatic N) is 1. The van der Waals surface area contributed by atoms with E-state index in [1.165, 1.54) is 5.56 Å². The highest BCUT2D eigenvalue weighted by Gasteiger charge is 2.44. The Hall–Kier alpha value is -0.490. The second-order valence-corrected chi connectivity index (χ2v) is 6.54. The fourth-order valence-corrected chi connectivity index (χ4v) is 2.48. The maximum atomic E-state index is 6.07. The zero-order chi connectivity index (χ0) is 14.6. The summed E-state index contributed by atoms with van der Waals surface area (Å²) in [6, 6.07) is 8.10. The molecule has 0 aromatic heterocycles. The van der Waals surface area contributed by atoms with Gasteiger partial charge in [0.15, 0.2) is 5.96 Å². The number of halogens is 2. The fourth-order valence-electron chi connectivity index (χ4n) is 2.29. The molecule has 3 nitrogen and oxygen atoms in total. The number of nitrogens with one attached hydrogen (secondary N) is 1. The first-order valence-electron chi connectivity index (χ1n) is 7.32. The predicted molar refractivity (Wildman–Crippen MR) is 102 cm³/mol. The number of guanidine groups is 1. The van der Waals surface area contributed by atoms with Gasteiger partial charge < -0.3 is 11.1 Å². The van der Waals surface area contributed by atoms with E-state index in [4.69, 9.17) is 17.3 Å². The molecule has 1 aliphatic rings. The zero-order valence-electron chi connectivity index (χ0n) is 12.7. The first-order valence-corrected chi connectivity index (χ1v) is 7.69. The standard InChI is InChI=1S/C16H24ClN3.HI/c1-12(2)6-9-19-15(18)20-11-16(7-8-16)13-4-3-5-14(17)10-13;/h3-5,10,12H,6-9,11H2,1-2H3,(H3,18,19,20);1H. The molecule has 0 radical (unpaired) electrons. The third kappa shape index (κ3) is 5.66. The van der Waals surface area contributed by atoms with Crippen LogP contribution in [0.4, 0.5) is 0 Å². The van der Waals surface area contributed by atoms with Crippen LogP contribution in [0.1, 0.15) is 38.7 Å². The maximum Gasteiger partial charge on any atom is 0.188 e. The molecule has 1 fully saturated rings. The van der Waals surface area contributed by atoms with Gasteiger partial charge in [-0.1, -0.05) is 37.6 Å². The lowest BCUT2D eigenvalue weighted by Gasteiger charge is -2.14. The normalized spacial score (nSPS) is 16.5. The van der Waals surface area contributed by atoms with Crippen LogP contribution in [-0.2, 0) is 5.41 Å². The zero-order valence-corrected chi connectivity index (χ0v) is 15.8. The van der Waals surface area contributed by atoms with Gasteiger partial charge in [-0.25, -0.2) is 0 Å². The molecule has 0 amide bonds. The van der Waals surface area contributed by atoms with Gasteiger partial charge in [0.1, 0.15) is 0 Å². The molecule has 1 saturated carbocycles. The molecule has 0 heterocycles. The molecule has 1 aliphatic carbocycles. The van der Waals surface area contributed by atoms with E-state index in [1.807, 2.05) is 18.2 Å². The molecule has 3 N–H and O–H groups in total. The van der Waals surface area contributed by atoms with E-state index in [9.17, 15) is 0 Å². The Kier molecular flexibility index (Phi) is 7.27. The smallest absolute Gasteiger partial charge is 0.188 e. The largest absolute Gasteiger partial charge is 0.370 e. The Morgan fingerprint density at radius 3 is 2.71 bits per heavy atom. The Balaban J connectivity index is 0.00000220. The van der Waals surface area contributed by atoms with Crippen LogP contribution in [-0.4, -0.2) is 19.0 Å². The number of hydrogen-bond donors (Lipinski definition) is 2. The number of aliphatic imine (C=N–C) groups is 1. The van der Waals surface area contributed by atoms with Gasteiger partial charge in [-0.2, -0.15) is 0 Å². The van der Waals surface area contributed by atoms with Crippen molar-refractivity contribution in [3.8, 4) is 0 Å². The number of benzene rings is 1. The van der Waals surface area contributed by atoms with Gasteiger partial charge in [0.25, 0.3) is 0 Å². The third-order valence-corrected chi connectivity index (χ3v) is 4.11. The number of rotatable bonds is 6. The first kappa shape index (κ1) is 18.6. The fraction of sp³-hybridized carbons (Fsp3) is 0.562. The van der Waals surface area contributed by atoms with E-state index in [0.717, 1.165) is 37.4 Å². The third-order valence-electron chi connectivity index (χ3n) is 3.87. The van der Waals surface area contributed by atoms with Gasteiger partial charge in [0, 0.05) is 17.0 Å². The average molecular weight is 422 g/mol. The van der Waals surface area contributed by atoms with Crippen LogP contribution >= 0.6 is 35.6 Å². The van der Waals surface area contributed by atoms with Crippen LogP contribution in [0.5, 0.6) is 0 Å². The van der Waals surface area contributed by atoms with Crippen LogP contribution in [0.25, 0.3) is 0 Å². The van der Waals surface area contributed by atoms with E-state index in [0.29, 0.717) is 11.9 Å². The first-order chi connectivity index (χ1) is 9.52. The lowest BCUT2D eigenvalue weighted by molar-refractivity contribution is 0.576. The highest BCUT2D eigenvalue weighted by Crippen LogP contribution is 2.48. The van der Waals surface area contributed by atoms with Crippen LogP contribution in [0.15, 0.2) is 29.3 Å². The molecular formula is C16H25ClIN3. The monoisotopic (exact) mass is 421 g/mol. The Bertz CT molecular complexity index is 484. The van der Waals surface area contributed by atoms with Crippen molar-refractivity contribution in [3.63, 3.8) is 0 Å². The van der Waals surface area contributed by atoms with Gasteiger partial charge in [-0.15, -0.1) is 24.0 Å². The summed E-state index contributed by atoms with van der Waals surface area (Å²) in [5, 5.41) is 3.97. The summed E-state index contributed by atoms with van der Waals surface area (Å²) in [5.74, 6) is 1.23. The van der Waals surface area contributed by atoms with E-state index in [2.05, 4.69) is 30.2 Å². The van der Waals surface area contributed by atoms with E-state index < -0.39 is 0 Å². The molecule has 0 aliphatic heterocycles. The molecule has 0 bridgehead atoms. The molecule has 0 saturated heterocycles. The Morgan fingerprint density at radius 2 is 2.14 bits per heavy atom. The topological polar surface area (TPSA) is 50.4 Å². The molecule has 1 aromatic rings. The van der Waals surface area contributed by atoms with Crippen LogP contribution < -0.4 is 11.1 Å². The quantitative estimate of drug-likeness (QED) is 0.415. The number of hydrogen-bond acceptors (Lipinski definition) is 1. The molecule has 1 aromatic carbocycles. The van der Waals surface area contributed by atoms with Crippen molar-refractivity contribution in [2.45, 2.75) is 38.5 Å². The van der Waals surface area contributed by atoms with E-state index in [-0.39, 0.29) is 29.4 Å². The summed E-state index contributed by atoms with van der Waals surface area (Å²) in [6.07, 6.45) is 3.43. The van der Waals surface area contributed by atoms with E-state index >= 15 is 0 Å². The van der Waals surface area contributed by atoms with Crippen molar-refractivity contribution in [2.75, 3.05) is 13.1 Å². The number of nitrogens with two attached hydrogens (primary N) is 1. The Labute approximate surface area is 149 Å². The molecule has 2 rings (SSSR count). The molecule has 21 heavy (non-hydrogen) atoms. The summed E-state index contributed by atoms with van der Waals surface area (Å²) < 4.78 is 0. The minimum absolute atomic E-state index is 0. The molecule has 0 spiro atoms. The lowest BCUT2D eigenvalue weighted by Crippen LogP contribution is -2.33. The summed E-state index contributed by atoms with van der Waals surface area (Å²) in [4.78, 5) is 4.50. The second kappa shape index (κ2) is 8.22. The minimum atomic E-state index is 0. The molecule has 0 atom stereocenters. The van der Waals surface area contributed by atoms with Gasteiger partial charge in [0.05, 0.1) is 6.54 Å². The second-order valence-electron chi connectivity index (χ2n) is 6.10. The van der Waals surface area contributed by atoms with E-state index in [1.54, 1.807) is 0 Å². The summed E-state index contributed by atoms with van der Waals surface area (Å²) in [7, 11) is 0. The molecule has 0 unspecified atom stereocenters.